The Morgan fingerprint density at radius 1 is 1.33 bits per heavy atom. The van der Waals surface area contributed by atoms with Gasteiger partial charge in [-0.1, -0.05) is 13.8 Å². The molecule has 3 rings (SSSR count). The Morgan fingerprint density at radius 3 is 2.76 bits per heavy atom. The molecule has 21 heavy (non-hydrogen) atoms. The van der Waals surface area contributed by atoms with Crippen LogP contribution in [0.3, 0.4) is 0 Å². The fraction of sp³-hybridized carbons (Fsp3) is 0.588. The van der Waals surface area contributed by atoms with Gasteiger partial charge in [0.2, 0.25) is 0 Å². The van der Waals surface area contributed by atoms with Gasteiger partial charge in [-0.2, -0.15) is 0 Å². The van der Waals surface area contributed by atoms with Crippen molar-refractivity contribution in [1.29, 1.82) is 0 Å². The third kappa shape index (κ3) is 2.89. The van der Waals surface area contributed by atoms with E-state index >= 15 is 0 Å². The van der Waals surface area contributed by atoms with E-state index in [4.69, 9.17) is 0 Å². The van der Waals surface area contributed by atoms with Crippen LogP contribution >= 0.6 is 12.4 Å². The van der Waals surface area contributed by atoms with Crippen molar-refractivity contribution in [2.24, 2.45) is 5.41 Å². The maximum Gasteiger partial charge on any atom is 0.253 e. The fourth-order valence-electron chi connectivity index (χ4n) is 3.56. The minimum Gasteiger partial charge on any atom is -0.384 e. The van der Waals surface area contributed by atoms with Crippen molar-refractivity contribution >= 4 is 24.0 Å². The Balaban J connectivity index is 0.00000161. The first kappa shape index (κ1) is 16.2. The van der Waals surface area contributed by atoms with E-state index < -0.39 is 0 Å². The molecule has 0 bridgehead atoms. The van der Waals surface area contributed by atoms with Crippen LogP contribution < -0.4 is 5.32 Å². The number of likely N-dealkylation sites (tertiary alicyclic amines) is 1. The van der Waals surface area contributed by atoms with Crippen LogP contribution in [0.5, 0.6) is 0 Å². The Morgan fingerprint density at radius 2 is 2.10 bits per heavy atom. The second-order valence-corrected chi connectivity index (χ2v) is 6.23. The molecule has 0 saturated carbocycles. The van der Waals surface area contributed by atoms with Crippen LogP contribution in [0.4, 0.5) is 5.69 Å². The molecular formula is C17H25ClN2O. The van der Waals surface area contributed by atoms with E-state index in [1.165, 1.54) is 24.1 Å². The molecule has 0 aromatic heterocycles. The van der Waals surface area contributed by atoms with Crippen molar-refractivity contribution < 1.29 is 4.79 Å². The second kappa shape index (κ2) is 6.27. The number of anilines is 1. The summed E-state index contributed by atoms with van der Waals surface area (Å²) in [7, 11) is 0. The molecule has 1 aromatic carbocycles. The number of carbonyl (C=O) groups is 1. The number of fused-ring (bicyclic) bond motifs is 1. The number of nitrogens with one attached hydrogen (secondary N) is 1. The second-order valence-electron chi connectivity index (χ2n) is 6.23. The lowest BCUT2D eigenvalue weighted by atomic mass is 9.82. The van der Waals surface area contributed by atoms with Gasteiger partial charge in [0.1, 0.15) is 0 Å². The molecule has 1 aromatic rings. The summed E-state index contributed by atoms with van der Waals surface area (Å²) in [6, 6.07) is 6.10. The molecule has 0 atom stereocenters. The van der Waals surface area contributed by atoms with Gasteiger partial charge in [0, 0.05) is 30.9 Å². The van der Waals surface area contributed by atoms with Crippen LogP contribution in [0, 0.1) is 5.41 Å². The maximum atomic E-state index is 12.7. The van der Waals surface area contributed by atoms with Crippen molar-refractivity contribution in [3.05, 3.63) is 29.3 Å². The summed E-state index contributed by atoms with van der Waals surface area (Å²) in [4.78, 5) is 14.7. The molecular weight excluding hydrogens is 284 g/mol. The van der Waals surface area contributed by atoms with Crippen molar-refractivity contribution in [2.75, 3.05) is 25.0 Å². The third-order valence-electron chi connectivity index (χ3n) is 5.29. The molecule has 1 amide bonds. The largest absolute Gasteiger partial charge is 0.384 e. The Labute approximate surface area is 133 Å². The molecule has 0 aliphatic carbocycles. The Bertz CT molecular complexity index is 526. The van der Waals surface area contributed by atoms with E-state index in [1.54, 1.807) is 0 Å². The highest BCUT2D eigenvalue weighted by Crippen LogP contribution is 2.37. The van der Waals surface area contributed by atoms with Crippen molar-refractivity contribution in [3.63, 3.8) is 0 Å². The standard InChI is InChI=1S/C17H24N2O.ClH/c1-3-17(4-2)8-10-19(12-17)16(20)14-5-6-15-13(11-14)7-9-18-15;/h5-6,11,18H,3-4,7-10,12H2,1-2H3;1H. The number of nitrogens with zero attached hydrogens (tertiary/aromatic N) is 1. The van der Waals surface area contributed by atoms with Gasteiger partial charge in [-0.05, 0) is 54.9 Å². The normalized spacial score (nSPS) is 18.9. The van der Waals surface area contributed by atoms with Gasteiger partial charge >= 0.3 is 0 Å². The van der Waals surface area contributed by atoms with Crippen LogP contribution in [-0.2, 0) is 6.42 Å². The highest BCUT2D eigenvalue weighted by molar-refractivity contribution is 5.95. The van der Waals surface area contributed by atoms with Crippen LogP contribution in [0.1, 0.15) is 49.0 Å². The Kier molecular flexibility index (Phi) is 4.82. The lowest BCUT2D eigenvalue weighted by Gasteiger charge is -2.26. The number of benzene rings is 1. The van der Waals surface area contributed by atoms with Crippen molar-refractivity contribution in [1.82, 2.24) is 4.90 Å². The monoisotopic (exact) mass is 308 g/mol. The van der Waals surface area contributed by atoms with E-state index in [-0.39, 0.29) is 18.3 Å². The van der Waals surface area contributed by atoms with Gasteiger partial charge in [0.25, 0.3) is 5.91 Å². The third-order valence-corrected chi connectivity index (χ3v) is 5.29. The van der Waals surface area contributed by atoms with E-state index in [0.29, 0.717) is 5.41 Å². The molecule has 1 saturated heterocycles. The zero-order chi connectivity index (χ0) is 14.2. The highest BCUT2D eigenvalue weighted by atomic mass is 35.5. The summed E-state index contributed by atoms with van der Waals surface area (Å²) >= 11 is 0. The van der Waals surface area contributed by atoms with Gasteiger partial charge in [0.15, 0.2) is 0 Å². The molecule has 0 radical (unpaired) electrons. The van der Waals surface area contributed by atoms with E-state index in [2.05, 4.69) is 36.2 Å². The first-order valence-electron chi connectivity index (χ1n) is 7.83. The van der Waals surface area contributed by atoms with Gasteiger partial charge in [-0.25, -0.2) is 0 Å². The molecule has 116 valence electrons. The van der Waals surface area contributed by atoms with Crippen molar-refractivity contribution in [3.8, 4) is 0 Å². The zero-order valence-electron chi connectivity index (χ0n) is 12.9. The number of carbonyl (C=O) groups excluding carboxylic acids is 1. The Hall–Kier alpha value is -1.22. The molecule has 2 aliphatic heterocycles. The quantitative estimate of drug-likeness (QED) is 0.923. The SMILES string of the molecule is CCC1(CC)CCN(C(=O)c2ccc3c(c2)CCN3)C1.Cl. The van der Waals surface area contributed by atoms with E-state index in [9.17, 15) is 4.79 Å². The molecule has 3 nitrogen and oxygen atoms in total. The lowest BCUT2D eigenvalue weighted by molar-refractivity contribution is 0.0770. The molecule has 2 heterocycles. The van der Waals surface area contributed by atoms with Gasteiger partial charge < -0.3 is 10.2 Å². The lowest BCUT2D eigenvalue weighted by Crippen LogP contribution is -2.31. The summed E-state index contributed by atoms with van der Waals surface area (Å²) in [6.07, 6.45) is 4.52. The summed E-state index contributed by atoms with van der Waals surface area (Å²) < 4.78 is 0. The van der Waals surface area contributed by atoms with Gasteiger partial charge in [-0.15, -0.1) is 12.4 Å². The van der Waals surface area contributed by atoms with Crippen LogP contribution in [0.25, 0.3) is 0 Å². The number of hydrogen-bond acceptors (Lipinski definition) is 2. The average Bonchev–Trinajstić information content (AvgIpc) is 3.13. The molecule has 0 spiro atoms. The minimum absolute atomic E-state index is 0. The van der Waals surface area contributed by atoms with Gasteiger partial charge in [0.05, 0.1) is 0 Å². The summed E-state index contributed by atoms with van der Waals surface area (Å²) in [5, 5.41) is 3.34. The first-order chi connectivity index (χ1) is 9.67. The maximum absolute atomic E-state index is 12.7. The topological polar surface area (TPSA) is 32.3 Å². The minimum atomic E-state index is 0. The summed E-state index contributed by atoms with van der Waals surface area (Å²) in [5.74, 6) is 0.212. The van der Waals surface area contributed by atoms with Crippen LogP contribution in [0.15, 0.2) is 18.2 Å². The highest BCUT2D eigenvalue weighted by Gasteiger charge is 2.37. The summed E-state index contributed by atoms with van der Waals surface area (Å²) in [6.45, 7) is 7.33. The predicted molar refractivity (Wildman–Crippen MR) is 89.4 cm³/mol. The number of halogens is 1. The molecule has 1 fully saturated rings. The smallest absolute Gasteiger partial charge is 0.253 e. The van der Waals surface area contributed by atoms with Crippen LogP contribution in [-0.4, -0.2) is 30.4 Å². The van der Waals surface area contributed by atoms with E-state index in [0.717, 1.165) is 38.0 Å². The van der Waals surface area contributed by atoms with Crippen LogP contribution in [0.2, 0.25) is 0 Å². The molecule has 1 N–H and O–H groups in total. The summed E-state index contributed by atoms with van der Waals surface area (Å²) in [5.41, 5.74) is 3.69. The van der Waals surface area contributed by atoms with Gasteiger partial charge in [-0.3, -0.25) is 4.79 Å². The number of rotatable bonds is 3. The first-order valence-corrected chi connectivity index (χ1v) is 7.83. The number of amides is 1. The molecule has 4 heteroatoms. The molecule has 0 unspecified atom stereocenters. The predicted octanol–water partition coefficient (Wildman–Crippen LogP) is 3.73. The number of hydrogen-bond donors (Lipinski definition) is 1. The van der Waals surface area contributed by atoms with Crippen molar-refractivity contribution in [2.45, 2.75) is 39.5 Å². The fourth-order valence-corrected chi connectivity index (χ4v) is 3.56. The van der Waals surface area contributed by atoms with E-state index in [1.807, 2.05) is 6.07 Å². The average molecular weight is 309 g/mol. The molecule has 2 aliphatic rings. The zero-order valence-corrected chi connectivity index (χ0v) is 13.8.